The molecule has 1 aliphatic rings. The van der Waals surface area contributed by atoms with Gasteiger partial charge in [0.05, 0.1) is 5.69 Å². The van der Waals surface area contributed by atoms with Gasteiger partial charge in [-0.05, 0) is 38.1 Å². The molecule has 1 heterocycles. The number of nitrogens with two attached hydrogens (primary N) is 1. The van der Waals surface area contributed by atoms with Gasteiger partial charge < -0.3 is 20.1 Å². The standard InChI is InChI=1S/C19H18F2N2O4/c1-10(12-3-4-14(20)15(21)5-12)22-8-19(25)23-16-7-18-17(26-9-27-18)6-13(16)11(2)24/h3-7,10,22H,8-9H2,1-2H3,(H,23,25)/p+1/t10-/m1/s1. The lowest BCUT2D eigenvalue weighted by Gasteiger charge is -2.13. The lowest BCUT2D eigenvalue weighted by Crippen LogP contribution is -2.86. The second kappa shape index (κ2) is 7.71. The minimum Gasteiger partial charge on any atom is -0.454 e. The van der Waals surface area contributed by atoms with Crippen LogP contribution in [0.15, 0.2) is 30.3 Å². The third-order valence-corrected chi connectivity index (χ3v) is 4.29. The molecule has 1 amide bonds. The third-order valence-electron chi connectivity index (χ3n) is 4.29. The summed E-state index contributed by atoms with van der Waals surface area (Å²) in [6.07, 6.45) is 0. The molecule has 0 unspecified atom stereocenters. The molecule has 3 rings (SSSR count). The molecule has 2 aromatic rings. The molecule has 142 valence electrons. The molecule has 0 spiro atoms. The molecular weight excluding hydrogens is 358 g/mol. The second-order valence-corrected chi connectivity index (χ2v) is 6.26. The van der Waals surface area contributed by atoms with E-state index < -0.39 is 11.6 Å². The molecule has 0 bridgehead atoms. The molecule has 3 N–H and O–H groups in total. The van der Waals surface area contributed by atoms with Crippen LogP contribution in [0.25, 0.3) is 0 Å². The van der Waals surface area contributed by atoms with E-state index in [1.54, 1.807) is 18.3 Å². The fourth-order valence-electron chi connectivity index (χ4n) is 2.75. The number of ketones is 1. The molecule has 0 radical (unpaired) electrons. The molecule has 0 aromatic heterocycles. The normalized spacial score (nSPS) is 13.3. The Labute approximate surface area is 154 Å². The van der Waals surface area contributed by atoms with Crippen LogP contribution in [0, 0.1) is 11.6 Å². The average Bonchev–Trinajstić information content (AvgIpc) is 3.08. The summed E-state index contributed by atoms with van der Waals surface area (Å²) in [6.45, 7) is 3.27. The Kier molecular flexibility index (Phi) is 5.36. The number of quaternary nitrogens is 1. The molecule has 0 fully saturated rings. The number of anilines is 1. The number of Topliss-reactive ketones (excluding diaryl/α,β-unsaturated/α-hetero) is 1. The first-order chi connectivity index (χ1) is 12.8. The maximum absolute atomic E-state index is 13.3. The Hall–Kier alpha value is -3.00. The summed E-state index contributed by atoms with van der Waals surface area (Å²) >= 11 is 0. The van der Waals surface area contributed by atoms with Crippen molar-refractivity contribution in [2.24, 2.45) is 0 Å². The van der Waals surface area contributed by atoms with Gasteiger partial charge in [0.15, 0.2) is 35.5 Å². The van der Waals surface area contributed by atoms with Crippen molar-refractivity contribution in [3.8, 4) is 11.5 Å². The van der Waals surface area contributed by atoms with E-state index in [0.29, 0.717) is 28.3 Å². The topological polar surface area (TPSA) is 81.2 Å². The third kappa shape index (κ3) is 4.22. The summed E-state index contributed by atoms with van der Waals surface area (Å²) in [5.41, 5.74) is 1.22. The number of fused-ring (bicyclic) bond motifs is 1. The predicted molar refractivity (Wildman–Crippen MR) is 92.8 cm³/mol. The van der Waals surface area contributed by atoms with Crippen molar-refractivity contribution in [2.75, 3.05) is 18.7 Å². The van der Waals surface area contributed by atoms with Gasteiger partial charge in [0.1, 0.15) is 6.04 Å². The van der Waals surface area contributed by atoms with Crippen LogP contribution in [-0.4, -0.2) is 25.0 Å². The van der Waals surface area contributed by atoms with Gasteiger partial charge in [0, 0.05) is 17.2 Å². The zero-order valence-electron chi connectivity index (χ0n) is 14.8. The maximum Gasteiger partial charge on any atom is 0.279 e. The van der Waals surface area contributed by atoms with E-state index in [1.165, 1.54) is 19.1 Å². The molecule has 27 heavy (non-hydrogen) atoms. The Morgan fingerprint density at radius 3 is 2.52 bits per heavy atom. The average molecular weight is 377 g/mol. The molecule has 0 saturated carbocycles. The van der Waals surface area contributed by atoms with E-state index in [1.807, 2.05) is 0 Å². The lowest BCUT2D eigenvalue weighted by molar-refractivity contribution is -0.682. The number of amides is 1. The molecule has 1 atom stereocenters. The number of nitrogens with one attached hydrogen (secondary N) is 1. The van der Waals surface area contributed by atoms with Gasteiger partial charge >= 0.3 is 0 Å². The van der Waals surface area contributed by atoms with Crippen molar-refractivity contribution in [1.82, 2.24) is 0 Å². The van der Waals surface area contributed by atoms with Gasteiger partial charge in [0.2, 0.25) is 6.79 Å². The summed E-state index contributed by atoms with van der Waals surface area (Å²) in [4.78, 5) is 24.1. The van der Waals surface area contributed by atoms with Crippen molar-refractivity contribution >= 4 is 17.4 Å². The van der Waals surface area contributed by atoms with Crippen molar-refractivity contribution in [3.05, 3.63) is 53.1 Å². The van der Waals surface area contributed by atoms with Gasteiger partial charge in [-0.1, -0.05) is 0 Å². The predicted octanol–water partition coefficient (Wildman–Crippen LogP) is 2.16. The zero-order valence-corrected chi connectivity index (χ0v) is 14.8. The smallest absolute Gasteiger partial charge is 0.279 e. The number of hydrogen-bond acceptors (Lipinski definition) is 4. The van der Waals surface area contributed by atoms with E-state index in [4.69, 9.17) is 9.47 Å². The number of hydrogen-bond donors (Lipinski definition) is 2. The number of carbonyl (C=O) groups is 2. The van der Waals surface area contributed by atoms with Gasteiger partial charge in [-0.2, -0.15) is 0 Å². The van der Waals surface area contributed by atoms with Crippen molar-refractivity contribution in [2.45, 2.75) is 19.9 Å². The summed E-state index contributed by atoms with van der Waals surface area (Å²) < 4.78 is 36.9. The van der Waals surface area contributed by atoms with E-state index >= 15 is 0 Å². The van der Waals surface area contributed by atoms with Crippen LogP contribution < -0.4 is 20.1 Å². The van der Waals surface area contributed by atoms with E-state index in [0.717, 1.165) is 12.1 Å². The van der Waals surface area contributed by atoms with Crippen LogP contribution in [0.4, 0.5) is 14.5 Å². The lowest BCUT2D eigenvalue weighted by atomic mass is 10.1. The van der Waals surface area contributed by atoms with Crippen LogP contribution in [0.5, 0.6) is 11.5 Å². The van der Waals surface area contributed by atoms with Gasteiger partial charge in [-0.25, -0.2) is 8.78 Å². The molecule has 2 aromatic carbocycles. The first kappa shape index (κ1) is 18.8. The van der Waals surface area contributed by atoms with E-state index in [-0.39, 0.29) is 31.1 Å². The van der Waals surface area contributed by atoms with Gasteiger partial charge in [-0.15, -0.1) is 0 Å². The van der Waals surface area contributed by atoms with Crippen LogP contribution in [0.1, 0.15) is 35.8 Å². The molecule has 0 saturated heterocycles. The minimum absolute atomic E-state index is 0.0337. The van der Waals surface area contributed by atoms with Crippen molar-refractivity contribution in [1.29, 1.82) is 0 Å². The Morgan fingerprint density at radius 2 is 1.85 bits per heavy atom. The highest BCUT2D eigenvalue weighted by atomic mass is 19.2. The first-order valence-corrected chi connectivity index (χ1v) is 8.38. The SMILES string of the molecule is CC(=O)c1cc2c(cc1NC(=O)C[NH2+][C@H](C)c1ccc(F)c(F)c1)OCO2. The molecular formula is C19H19F2N2O4+. The number of ether oxygens (including phenoxy) is 2. The number of carbonyl (C=O) groups excluding carboxylic acids is 2. The molecule has 6 nitrogen and oxygen atoms in total. The highest BCUT2D eigenvalue weighted by Crippen LogP contribution is 2.37. The molecule has 0 aliphatic carbocycles. The zero-order chi connectivity index (χ0) is 19.6. The van der Waals surface area contributed by atoms with Crippen LogP contribution in [0.2, 0.25) is 0 Å². The highest BCUT2D eigenvalue weighted by Gasteiger charge is 2.21. The van der Waals surface area contributed by atoms with Gasteiger partial charge in [-0.3, -0.25) is 9.59 Å². The van der Waals surface area contributed by atoms with Crippen LogP contribution in [0.3, 0.4) is 0 Å². The number of benzene rings is 2. The summed E-state index contributed by atoms with van der Waals surface area (Å²) in [6, 6.07) is 6.48. The first-order valence-electron chi connectivity index (χ1n) is 8.38. The van der Waals surface area contributed by atoms with Crippen LogP contribution >= 0.6 is 0 Å². The fraction of sp³-hybridized carbons (Fsp3) is 0.263. The monoisotopic (exact) mass is 377 g/mol. The quantitative estimate of drug-likeness (QED) is 0.756. The number of halogens is 2. The maximum atomic E-state index is 13.3. The Bertz CT molecular complexity index is 902. The number of rotatable bonds is 6. The largest absolute Gasteiger partial charge is 0.454 e. The summed E-state index contributed by atoms with van der Waals surface area (Å²) in [5, 5.41) is 4.37. The highest BCUT2D eigenvalue weighted by molar-refractivity contribution is 6.04. The second-order valence-electron chi connectivity index (χ2n) is 6.26. The summed E-state index contributed by atoms with van der Waals surface area (Å²) in [7, 11) is 0. The summed E-state index contributed by atoms with van der Waals surface area (Å²) in [5.74, 6) is -1.49. The molecule has 1 aliphatic heterocycles. The van der Waals surface area contributed by atoms with Crippen molar-refractivity contribution < 1.29 is 33.2 Å². The van der Waals surface area contributed by atoms with Crippen molar-refractivity contribution in [3.63, 3.8) is 0 Å². The van der Waals surface area contributed by atoms with Gasteiger partial charge in [0.25, 0.3) is 5.91 Å². The Balaban J connectivity index is 1.65. The van der Waals surface area contributed by atoms with Crippen LogP contribution in [-0.2, 0) is 4.79 Å². The van der Waals surface area contributed by atoms with E-state index in [2.05, 4.69) is 5.32 Å². The Morgan fingerprint density at radius 1 is 1.15 bits per heavy atom. The van der Waals surface area contributed by atoms with E-state index in [9.17, 15) is 18.4 Å². The fourth-order valence-corrected chi connectivity index (χ4v) is 2.75. The molecule has 8 heteroatoms. The minimum atomic E-state index is -0.927.